The summed E-state index contributed by atoms with van der Waals surface area (Å²) in [6, 6.07) is 25.2. The van der Waals surface area contributed by atoms with Gasteiger partial charge in [-0.3, -0.25) is 0 Å². The number of benzene rings is 2. The van der Waals surface area contributed by atoms with Gasteiger partial charge < -0.3 is 10.6 Å². The van der Waals surface area contributed by atoms with Gasteiger partial charge in [-0.1, -0.05) is 88.9 Å². The third-order valence-corrected chi connectivity index (χ3v) is 5.41. The molecule has 30 heavy (non-hydrogen) atoms. The van der Waals surface area contributed by atoms with Gasteiger partial charge in [0.25, 0.3) is 0 Å². The molecule has 2 N–H and O–H groups in total. The highest BCUT2D eigenvalue weighted by Gasteiger charge is 2.14. The maximum atomic E-state index is 6.02. The van der Waals surface area contributed by atoms with E-state index in [4.69, 9.17) is 46.4 Å². The van der Waals surface area contributed by atoms with Crippen LogP contribution >= 0.6 is 46.4 Å². The minimum absolute atomic E-state index is 0.111. The van der Waals surface area contributed by atoms with Crippen LogP contribution in [0.5, 0.6) is 0 Å². The second-order valence-electron chi connectivity index (χ2n) is 5.89. The Bertz CT molecular complexity index is 1040. The summed E-state index contributed by atoms with van der Waals surface area (Å²) in [7, 11) is 0. The SMILES string of the molecule is Clc1nc(Nc2ccccc2)c(Cl)c(Cl)c1Cl.c1ccc(Nc2ccccn2)cc1. The van der Waals surface area contributed by atoms with Gasteiger partial charge in [-0.15, -0.1) is 0 Å². The summed E-state index contributed by atoms with van der Waals surface area (Å²) in [4.78, 5) is 8.20. The van der Waals surface area contributed by atoms with Crippen molar-refractivity contribution in [2.24, 2.45) is 0 Å². The van der Waals surface area contributed by atoms with E-state index in [2.05, 4.69) is 20.6 Å². The average Bonchev–Trinajstić information content (AvgIpc) is 2.79. The van der Waals surface area contributed by atoms with Gasteiger partial charge in [-0.25, -0.2) is 9.97 Å². The number of nitrogens with one attached hydrogen (secondary N) is 2. The minimum atomic E-state index is 0.111. The van der Waals surface area contributed by atoms with Crippen molar-refractivity contribution in [3.63, 3.8) is 0 Å². The highest BCUT2D eigenvalue weighted by molar-refractivity contribution is 6.52. The van der Waals surface area contributed by atoms with Gasteiger partial charge in [0.2, 0.25) is 0 Å². The molecule has 0 aliphatic heterocycles. The van der Waals surface area contributed by atoms with Crippen molar-refractivity contribution >= 4 is 69.4 Å². The molecule has 0 saturated carbocycles. The van der Waals surface area contributed by atoms with Crippen LogP contribution < -0.4 is 10.6 Å². The van der Waals surface area contributed by atoms with Crippen LogP contribution in [0.4, 0.5) is 23.0 Å². The van der Waals surface area contributed by atoms with E-state index in [0.29, 0.717) is 5.82 Å². The van der Waals surface area contributed by atoms with Gasteiger partial charge in [-0.2, -0.15) is 0 Å². The largest absolute Gasteiger partial charge is 0.340 e. The Morgan fingerprint density at radius 2 is 1.13 bits per heavy atom. The maximum Gasteiger partial charge on any atom is 0.152 e. The number of aromatic nitrogens is 2. The first kappa shape index (κ1) is 22.2. The minimum Gasteiger partial charge on any atom is -0.340 e. The zero-order valence-electron chi connectivity index (χ0n) is 15.5. The summed E-state index contributed by atoms with van der Waals surface area (Å²) in [6.07, 6.45) is 1.77. The topological polar surface area (TPSA) is 49.8 Å². The molecular formula is C22H16Cl4N4. The van der Waals surface area contributed by atoms with E-state index in [9.17, 15) is 0 Å². The van der Waals surface area contributed by atoms with Gasteiger partial charge >= 0.3 is 0 Å². The van der Waals surface area contributed by atoms with E-state index < -0.39 is 0 Å². The first-order chi connectivity index (χ1) is 14.5. The summed E-state index contributed by atoms with van der Waals surface area (Å²) in [5, 5.41) is 6.89. The van der Waals surface area contributed by atoms with E-state index in [1.165, 1.54) is 0 Å². The fourth-order valence-electron chi connectivity index (χ4n) is 2.33. The molecular weight excluding hydrogens is 462 g/mol. The fourth-order valence-corrected chi connectivity index (χ4v) is 3.11. The molecule has 0 unspecified atom stereocenters. The fraction of sp³-hybridized carbons (Fsp3) is 0. The predicted octanol–water partition coefficient (Wildman–Crippen LogP) is 8.26. The molecule has 0 amide bonds. The molecule has 8 heteroatoms. The number of nitrogens with zero attached hydrogens (tertiary/aromatic N) is 2. The van der Waals surface area contributed by atoms with Crippen LogP contribution in [-0.2, 0) is 0 Å². The monoisotopic (exact) mass is 476 g/mol. The molecule has 4 rings (SSSR count). The number of rotatable bonds is 4. The number of hydrogen-bond donors (Lipinski definition) is 2. The number of pyridine rings is 2. The summed E-state index contributed by atoms with van der Waals surface area (Å²) < 4.78 is 0. The van der Waals surface area contributed by atoms with Gasteiger partial charge in [0.15, 0.2) is 11.0 Å². The Labute approximate surface area is 194 Å². The van der Waals surface area contributed by atoms with Crippen molar-refractivity contribution in [2.75, 3.05) is 10.6 Å². The lowest BCUT2D eigenvalue weighted by Crippen LogP contribution is -1.96. The lowest BCUT2D eigenvalue weighted by Gasteiger charge is -2.10. The molecule has 0 saturated heterocycles. The standard InChI is InChI=1S/C11H6Cl4N2.C11H10N2/c12-7-8(13)10(15)17-11(9(7)14)16-6-4-2-1-3-5-6;1-2-6-10(7-3-1)13-11-8-4-5-9-12-11/h1-5H,(H,16,17);1-9H,(H,12,13). The van der Waals surface area contributed by atoms with Crippen molar-refractivity contribution < 1.29 is 0 Å². The number of hydrogen-bond acceptors (Lipinski definition) is 4. The number of halogens is 4. The Morgan fingerprint density at radius 3 is 1.70 bits per heavy atom. The third kappa shape index (κ3) is 6.25. The van der Waals surface area contributed by atoms with Gasteiger partial charge in [-0.05, 0) is 36.4 Å². The first-order valence-corrected chi connectivity index (χ1v) is 10.3. The maximum absolute atomic E-state index is 6.02. The Morgan fingerprint density at radius 1 is 0.567 bits per heavy atom. The zero-order chi connectivity index (χ0) is 21.3. The average molecular weight is 478 g/mol. The van der Waals surface area contributed by atoms with Crippen LogP contribution in [0.15, 0.2) is 85.1 Å². The lowest BCUT2D eigenvalue weighted by atomic mass is 10.3. The molecule has 0 radical (unpaired) electrons. The van der Waals surface area contributed by atoms with Crippen LogP contribution in [0, 0.1) is 0 Å². The Kier molecular flexibility index (Phi) is 8.17. The number of para-hydroxylation sites is 2. The van der Waals surface area contributed by atoms with E-state index >= 15 is 0 Å². The van der Waals surface area contributed by atoms with Crippen molar-refractivity contribution in [1.82, 2.24) is 9.97 Å². The molecule has 2 heterocycles. The van der Waals surface area contributed by atoms with Crippen molar-refractivity contribution in [1.29, 1.82) is 0 Å². The molecule has 0 atom stereocenters. The number of anilines is 4. The first-order valence-electron chi connectivity index (χ1n) is 8.79. The molecule has 0 spiro atoms. The van der Waals surface area contributed by atoms with Gasteiger partial charge in [0, 0.05) is 17.6 Å². The summed E-state index contributed by atoms with van der Waals surface area (Å²) >= 11 is 23.6. The van der Waals surface area contributed by atoms with Crippen LogP contribution in [-0.4, -0.2) is 9.97 Å². The molecule has 152 valence electrons. The molecule has 4 aromatic rings. The highest BCUT2D eigenvalue weighted by Crippen LogP contribution is 2.39. The smallest absolute Gasteiger partial charge is 0.152 e. The van der Waals surface area contributed by atoms with Crippen LogP contribution in [0.25, 0.3) is 0 Å². The van der Waals surface area contributed by atoms with Gasteiger partial charge in [0.1, 0.15) is 10.8 Å². The zero-order valence-corrected chi connectivity index (χ0v) is 18.5. The van der Waals surface area contributed by atoms with Crippen molar-refractivity contribution in [3.05, 3.63) is 105 Å². The van der Waals surface area contributed by atoms with E-state index in [-0.39, 0.29) is 20.2 Å². The predicted molar refractivity (Wildman–Crippen MR) is 128 cm³/mol. The summed E-state index contributed by atoms with van der Waals surface area (Å²) in [5.74, 6) is 1.24. The van der Waals surface area contributed by atoms with Gasteiger partial charge in [0.05, 0.1) is 10.0 Å². The molecule has 0 fully saturated rings. The van der Waals surface area contributed by atoms with E-state index in [1.807, 2.05) is 78.9 Å². The molecule has 0 aliphatic carbocycles. The summed E-state index contributed by atoms with van der Waals surface area (Å²) in [6.45, 7) is 0. The molecule has 2 aromatic heterocycles. The molecule has 0 aliphatic rings. The van der Waals surface area contributed by atoms with Crippen molar-refractivity contribution in [3.8, 4) is 0 Å². The quantitative estimate of drug-likeness (QED) is 0.290. The van der Waals surface area contributed by atoms with Crippen molar-refractivity contribution in [2.45, 2.75) is 0 Å². The lowest BCUT2D eigenvalue weighted by molar-refractivity contribution is 1.31. The van der Waals surface area contributed by atoms with Crippen LogP contribution in [0.2, 0.25) is 20.2 Å². The van der Waals surface area contributed by atoms with Crippen LogP contribution in [0.1, 0.15) is 0 Å². The normalized spacial score (nSPS) is 10.0. The second-order valence-corrected chi connectivity index (χ2v) is 7.38. The molecule has 0 bridgehead atoms. The summed E-state index contributed by atoms with van der Waals surface area (Å²) in [5.41, 5.74) is 1.89. The Hall–Kier alpha value is -2.50. The van der Waals surface area contributed by atoms with E-state index in [1.54, 1.807) is 6.20 Å². The van der Waals surface area contributed by atoms with Crippen LogP contribution in [0.3, 0.4) is 0 Å². The van der Waals surface area contributed by atoms with E-state index in [0.717, 1.165) is 17.2 Å². The third-order valence-electron chi connectivity index (χ3n) is 3.73. The second kappa shape index (κ2) is 11.0. The molecule has 2 aromatic carbocycles. The molecule has 4 nitrogen and oxygen atoms in total. The highest BCUT2D eigenvalue weighted by atomic mass is 35.5. The Balaban J connectivity index is 0.000000177.